The summed E-state index contributed by atoms with van der Waals surface area (Å²) in [5, 5.41) is 0. The summed E-state index contributed by atoms with van der Waals surface area (Å²) >= 11 is 0. The van der Waals surface area contributed by atoms with Gasteiger partial charge in [-0.2, -0.15) is 0 Å². The molecule has 2 fully saturated rings. The molecule has 2 aliphatic rings. The molecule has 0 bridgehead atoms. The number of hydrogen-bond acceptors (Lipinski definition) is 4. The first-order valence-corrected chi connectivity index (χ1v) is 10.4. The Morgan fingerprint density at radius 3 is 1.50 bits per heavy atom. The minimum absolute atomic E-state index is 0.0885. The quantitative estimate of drug-likeness (QED) is 0.629. The molecule has 0 aromatic heterocycles. The lowest BCUT2D eigenvalue weighted by atomic mass is 9.98. The second-order valence-corrected chi connectivity index (χ2v) is 9.61. The highest BCUT2D eigenvalue weighted by molar-refractivity contribution is 7.72. The van der Waals surface area contributed by atoms with Crippen LogP contribution in [0.25, 0.3) is 0 Å². The Kier molecular flexibility index (Phi) is 6.27. The molecule has 0 amide bonds. The lowest BCUT2D eigenvalue weighted by molar-refractivity contribution is -0.121. The maximum absolute atomic E-state index is 13.3. The third-order valence-electron chi connectivity index (χ3n) is 4.57. The van der Waals surface area contributed by atoms with E-state index in [2.05, 4.69) is 0 Å². The van der Waals surface area contributed by atoms with Gasteiger partial charge in [0.05, 0.1) is 12.2 Å². The summed E-state index contributed by atoms with van der Waals surface area (Å²) in [6.07, 6.45) is 10.1. The van der Waals surface area contributed by atoms with Gasteiger partial charge in [0.15, 0.2) is 0 Å². The summed E-state index contributed by atoms with van der Waals surface area (Å²) < 4.78 is 25.0. The maximum Gasteiger partial charge on any atom is 0.397 e. The third kappa shape index (κ3) is 4.91. The van der Waals surface area contributed by atoms with E-state index in [4.69, 9.17) is 9.05 Å². The molecule has 0 unspecified atom stereocenters. The van der Waals surface area contributed by atoms with Crippen LogP contribution in [0.4, 0.5) is 0 Å². The summed E-state index contributed by atoms with van der Waals surface area (Å²) in [6, 6.07) is 0. The maximum atomic E-state index is 13.3. The molecule has 22 heavy (non-hydrogen) atoms. The smallest absolute Gasteiger partial charge is 0.300 e. The first kappa shape index (κ1) is 18.2. The van der Waals surface area contributed by atoms with Crippen LogP contribution in [-0.4, -0.2) is 17.7 Å². The molecule has 0 heterocycles. The highest BCUT2D eigenvalue weighted by Crippen LogP contribution is 2.57. The van der Waals surface area contributed by atoms with Crippen LogP contribution in [0.2, 0.25) is 0 Å². The van der Waals surface area contributed by atoms with E-state index >= 15 is 0 Å². The molecule has 0 saturated heterocycles. The monoisotopic (exact) mass is 330 g/mol. The van der Waals surface area contributed by atoms with Crippen LogP contribution in [0.15, 0.2) is 0 Å². The van der Waals surface area contributed by atoms with Crippen molar-refractivity contribution in [2.45, 2.75) is 97.2 Å². The Morgan fingerprint density at radius 1 is 0.818 bits per heavy atom. The molecule has 0 atom stereocenters. The van der Waals surface area contributed by atoms with E-state index in [0.717, 1.165) is 51.4 Å². The fourth-order valence-corrected chi connectivity index (χ4v) is 5.53. The van der Waals surface area contributed by atoms with E-state index in [1.807, 2.05) is 0 Å². The summed E-state index contributed by atoms with van der Waals surface area (Å²) in [6.45, 7) is 5.36. The van der Waals surface area contributed by atoms with Crippen LogP contribution in [-0.2, 0) is 18.4 Å². The zero-order chi connectivity index (χ0) is 16.2. The Bertz CT molecular complexity index is 391. The number of rotatable bonds is 5. The van der Waals surface area contributed by atoms with E-state index in [-0.39, 0.29) is 17.7 Å². The SMILES string of the molecule is CC(C)(C)C(=O)P(=O)(OC1CCCCC1)OC1CCCCC1. The normalized spacial score (nSPS) is 22.7. The summed E-state index contributed by atoms with van der Waals surface area (Å²) in [5.74, 6) is 0. The number of carbonyl (C=O) groups is 1. The lowest BCUT2D eigenvalue weighted by Crippen LogP contribution is -2.28. The van der Waals surface area contributed by atoms with Gasteiger partial charge in [0.2, 0.25) is 5.52 Å². The predicted molar refractivity (Wildman–Crippen MR) is 88.0 cm³/mol. The van der Waals surface area contributed by atoms with Crippen molar-refractivity contribution in [3.63, 3.8) is 0 Å². The van der Waals surface area contributed by atoms with Crippen molar-refractivity contribution in [1.82, 2.24) is 0 Å². The van der Waals surface area contributed by atoms with Gasteiger partial charge in [-0.25, -0.2) is 0 Å². The minimum Gasteiger partial charge on any atom is -0.300 e. The topological polar surface area (TPSA) is 52.6 Å². The first-order valence-electron chi connectivity index (χ1n) is 8.83. The van der Waals surface area contributed by atoms with Gasteiger partial charge in [-0.1, -0.05) is 59.3 Å². The molecule has 128 valence electrons. The zero-order valence-corrected chi connectivity index (χ0v) is 15.2. The highest BCUT2D eigenvalue weighted by Gasteiger charge is 2.45. The van der Waals surface area contributed by atoms with Crippen LogP contribution in [0, 0.1) is 5.41 Å². The van der Waals surface area contributed by atoms with Gasteiger partial charge in [0, 0.05) is 5.41 Å². The molecule has 2 rings (SSSR count). The Morgan fingerprint density at radius 2 is 1.18 bits per heavy atom. The van der Waals surface area contributed by atoms with Crippen molar-refractivity contribution in [2.75, 3.05) is 0 Å². The Labute approximate surface area is 134 Å². The Hall–Kier alpha value is -0.180. The lowest BCUT2D eigenvalue weighted by Gasteiger charge is -2.32. The first-order chi connectivity index (χ1) is 10.3. The summed E-state index contributed by atoms with van der Waals surface area (Å²) in [4.78, 5) is 12.7. The van der Waals surface area contributed by atoms with E-state index in [1.165, 1.54) is 12.8 Å². The average molecular weight is 330 g/mol. The van der Waals surface area contributed by atoms with Crippen LogP contribution >= 0.6 is 7.60 Å². The van der Waals surface area contributed by atoms with E-state index in [1.54, 1.807) is 20.8 Å². The highest BCUT2D eigenvalue weighted by atomic mass is 31.2. The molecular formula is C17H31O4P. The van der Waals surface area contributed by atoms with Crippen LogP contribution in [0.1, 0.15) is 85.0 Å². The molecule has 0 radical (unpaired) electrons. The average Bonchev–Trinajstić information content (AvgIpc) is 2.47. The molecule has 2 aliphatic carbocycles. The van der Waals surface area contributed by atoms with Crippen molar-refractivity contribution in [1.29, 1.82) is 0 Å². The van der Waals surface area contributed by atoms with Crippen molar-refractivity contribution >= 4 is 13.1 Å². The van der Waals surface area contributed by atoms with Gasteiger partial charge in [0.1, 0.15) is 0 Å². The van der Waals surface area contributed by atoms with E-state index in [0.29, 0.717) is 0 Å². The third-order valence-corrected chi connectivity index (χ3v) is 6.89. The van der Waals surface area contributed by atoms with Crippen molar-refractivity contribution in [2.24, 2.45) is 5.41 Å². The van der Waals surface area contributed by atoms with Gasteiger partial charge in [-0.05, 0) is 25.7 Å². The van der Waals surface area contributed by atoms with Gasteiger partial charge >= 0.3 is 7.60 Å². The largest absolute Gasteiger partial charge is 0.397 e. The van der Waals surface area contributed by atoms with E-state index < -0.39 is 13.0 Å². The molecule has 0 aromatic carbocycles. The van der Waals surface area contributed by atoms with Crippen molar-refractivity contribution in [3.05, 3.63) is 0 Å². The van der Waals surface area contributed by atoms with Crippen LogP contribution in [0.5, 0.6) is 0 Å². The molecule has 5 heteroatoms. The predicted octanol–water partition coefficient (Wildman–Crippen LogP) is 5.45. The molecule has 4 nitrogen and oxygen atoms in total. The summed E-state index contributed by atoms with van der Waals surface area (Å²) in [5.41, 5.74) is -1.07. The number of hydrogen-bond donors (Lipinski definition) is 0. The zero-order valence-electron chi connectivity index (χ0n) is 14.3. The summed E-state index contributed by atoms with van der Waals surface area (Å²) in [7, 11) is -3.71. The number of carbonyl (C=O) groups excluding carboxylic acids is 1. The molecule has 0 N–H and O–H groups in total. The van der Waals surface area contributed by atoms with Crippen LogP contribution < -0.4 is 0 Å². The fraction of sp³-hybridized carbons (Fsp3) is 0.941. The molecule has 0 aromatic rings. The second-order valence-electron chi connectivity index (χ2n) is 7.78. The van der Waals surface area contributed by atoms with Gasteiger partial charge in [0.25, 0.3) is 0 Å². The minimum atomic E-state index is -3.71. The standard InChI is InChI=1S/C17H31O4P/c1-17(2,3)16(18)22(19,20-14-10-6-4-7-11-14)21-15-12-8-5-9-13-15/h14-15H,4-13H2,1-3H3. The van der Waals surface area contributed by atoms with Crippen molar-refractivity contribution in [3.8, 4) is 0 Å². The fourth-order valence-electron chi connectivity index (χ4n) is 3.26. The molecule has 0 aliphatic heterocycles. The molecule has 0 spiro atoms. The second kappa shape index (κ2) is 7.59. The van der Waals surface area contributed by atoms with Gasteiger partial charge < -0.3 is 0 Å². The van der Waals surface area contributed by atoms with Gasteiger partial charge in [-0.3, -0.25) is 18.4 Å². The molecule has 2 saturated carbocycles. The van der Waals surface area contributed by atoms with E-state index in [9.17, 15) is 9.36 Å². The Balaban J connectivity index is 2.11. The van der Waals surface area contributed by atoms with Gasteiger partial charge in [-0.15, -0.1) is 0 Å². The molecular weight excluding hydrogens is 299 g/mol. The van der Waals surface area contributed by atoms with Crippen molar-refractivity contribution < 1.29 is 18.4 Å². The van der Waals surface area contributed by atoms with Crippen LogP contribution in [0.3, 0.4) is 0 Å².